The fourth-order valence-corrected chi connectivity index (χ4v) is 3.76. The maximum atomic E-state index is 14.0. The molecule has 3 N–H and O–H groups in total. The average Bonchev–Trinajstić information content (AvgIpc) is 2.79. The Hall–Kier alpha value is -1.52. The summed E-state index contributed by atoms with van der Waals surface area (Å²) < 4.78 is 42.5. The van der Waals surface area contributed by atoms with Gasteiger partial charge in [-0.1, -0.05) is 0 Å². The third kappa shape index (κ3) is 3.22. The van der Waals surface area contributed by atoms with Gasteiger partial charge in [-0.3, -0.25) is 0 Å². The second-order valence-electron chi connectivity index (χ2n) is 4.46. The summed E-state index contributed by atoms with van der Waals surface area (Å²) in [4.78, 5) is -0.525. The predicted molar refractivity (Wildman–Crippen MR) is 78.3 cm³/mol. The third-order valence-corrected chi connectivity index (χ3v) is 4.89. The molecule has 21 heavy (non-hydrogen) atoms. The molecular weight excluding hydrogens is 365 g/mol. The topological polar surface area (TPSA) is 103 Å². The number of anilines is 1. The first kappa shape index (κ1) is 15.9. The molecule has 2 rings (SSSR count). The van der Waals surface area contributed by atoms with Gasteiger partial charge in [0.25, 0.3) is 0 Å². The van der Waals surface area contributed by atoms with Gasteiger partial charge in [0.05, 0.1) is 10.5 Å². The Morgan fingerprint density at radius 3 is 2.71 bits per heavy atom. The molecule has 0 bridgehead atoms. The molecule has 1 heterocycles. The monoisotopic (exact) mass is 377 g/mol. The van der Waals surface area contributed by atoms with Crippen molar-refractivity contribution in [2.45, 2.75) is 17.9 Å². The quantitative estimate of drug-likeness (QED) is 0.782. The highest BCUT2D eigenvalue weighted by Crippen LogP contribution is 2.27. The lowest BCUT2D eigenvalue weighted by atomic mass is 10.3. The molecule has 1 aromatic carbocycles. The number of aryl methyl sites for hydroxylation is 1. The van der Waals surface area contributed by atoms with Gasteiger partial charge in [0.2, 0.25) is 10.0 Å². The molecular formula is C11H13BrFN5O2S. The van der Waals surface area contributed by atoms with Crippen LogP contribution in [0.5, 0.6) is 0 Å². The van der Waals surface area contributed by atoms with Crippen LogP contribution in [0.4, 0.5) is 10.1 Å². The summed E-state index contributed by atoms with van der Waals surface area (Å²) in [5.74, 6) is -0.496. The smallest absolute Gasteiger partial charge is 0.244 e. The van der Waals surface area contributed by atoms with Crippen molar-refractivity contribution < 1.29 is 12.8 Å². The van der Waals surface area contributed by atoms with Crippen molar-refractivity contribution in [2.75, 3.05) is 5.73 Å². The van der Waals surface area contributed by atoms with E-state index in [0.29, 0.717) is 5.82 Å². The molecule has 1 aromatic heterocycles. The molecule has 0 saturated heterocycles. The summed E-state index contributed by atoms with van der Waals surface area (Å²) in [5, 5.41) is 7.48. The van der Waals surface area contributed by atoms with Crippen LogP contribution < -0.4 is 10.5 Å². The van der Waals surface area contributed by atoms with Crippen molar-refractivity contribution in [1.29, 1.82) is 0 Å². The zero-order valence-electron chi connectivity index (χ0n) is 11.2. The highest BCUT2D eigenvalue weighted by molar-refractivity contribution is 9.10. The minimum atomic E-state index is -4.09. The van der Waals surface area contributed by atoms with Crippen LogP contribution in [0, 0.1) is 5.82 Å². The summed E-state index contributed by atoms with van der Waals surface area (Å²) in [7, 11) is -2.42. The lowest BCUT2D eigenvalue weighted by Gasteiger charge is -2.14. The van der Waals surface area contributed by atoms with Crippen molar-refractivity contribution in [1.82, 2.24) is 19.5 Å². The van der Waals surface area contributed by atoms with Gasteiger partial charge in [-0.2, -0.15) is 0 Å². The Kier molecular flexibility index (Phi) is 4.30. The highest BCUT2D eigenvalue weighted by Gasteiger charge is 2.25. The van der Waals surface area contributed by atoms with E-state index < -0.39 is 26.8 Å². The van der Waals surface area contributed by atoms with Crippen LogP contribution in [0.25, 0.3) is 0 Å². The number of sulfonamides is 1. The largest absolute Gasteiger partial charge is 0.399 e. The summed E-state index contributed by atoms with van der Waals surface area (Å²) in [5.41, 5.74) is 5.69. The second kappa shape index (κ2) is 5.70. The van der Waals surface area contributed by atoms with E-state index in [0.717, 1.165) is 6.07 Å². The van der Waals surface area contributed by atoms with E-state index in [1.165, 1.54) is 12.4 Å². The normalized spacial score (nSPS) is 13.3. The first-order valence-corrected chi connectivity index (χ1v) is 8.10. The second-order valence-corrected chi connectivity index (χ2v) is 6.99. The van der Waals surface area contributed by atoms with Crippen LogP contribution in [0.15, 0.2) is 27.8 Å². The van der Waals surface area contributed by atoms with Crippen molar-refractivity contribution in [3.05, 3.63) is 34.6 Å². The van der Waals surface area contributed by atoms with Gasteiger partial charge in [0.15, 0.2) is 5.82 Å². The number of nitrogen functional groups attached to an aromatic ring is 1. The molecule has 0 amide bonds. The third-order valence-electron chi connectivity index (χ3n) is 2.77. The Balaban J connectivity index is 2.38. The van der Waals surface area contributed by atoms with E-state index in [1.54, 1.807) is 18.5 Å². The lowest BCUT2D eigenvalue weighted by Crippen LogP contribution is -2.29. The predicted octanol–water partition coefficient (Wildman–Crippen LogP) is 1.34. The molecule has 0 aliphatic heterocycles. The highest BCUT2D eigenvalue weighted by atomic mass is 79.9. The number of hydrogen-bond donors (Lipinski definition) is 2. The van der Waals surface area contributed by atoms with Crippen molar-refractivity contribution >= 4 is 31.6 Å². The van der Waals surface area contributed by atoms with E-state index in [9.17, 15) is 12.8 Å². The van der Waals surface area contributed by atoms with Crippen LogP contribution >= 0.6 is 15.9 Å². The number of aromatic nitrogens is 3. The minimum Gasteiger partial charge on any atom is -0.399 e. The number of nitrogens with one attached hydrogen (secondary N) is 1. The minimum absolute atomic E-state index is 0.0193. The van der Waals surface area contributed by atoms with E-state index in [1.807, 2.05) is 0 Å². The fourth-order valence-electron chi connectivity index (χ4n) is 1.81. The molecule has 114 valence electrons. The average molecular weight is 378 g/mol. The van der Waals surface area contributed by atoms with Gasteiger partial charge in [0, 0.05) is 12.7 Å². The van der Waals surface area contributed by atoms with Crippen molar-refractivity contribution in [3.8, 4) is 0 Å². The molecule has 1 unspecified atom stereocenters. The molecule has 2 aromatic rings. The van der Waals surface area contributed by atoms with Crippen LogP contribution in [-0.2, 0) is 17.1 Å². The summed E-state index contributed by atoms with van der Waals surface area (Å²) in [6, 6.07) is 1.67. The number of nitrogens with zero attached hydrogens (tertiary/aromatic N) is 3. The molecule has 10 heteroatoms. The Morgan fingerprint density at radius 1 is 1.48 bits per heavy atom. The van der Waals surface area contributed by atoms with Crippen LogP contribution in [-0.4, -0.2) is 23.2 Å². The Morgan fingerprint density at radius 2 is 2.14 bits per heavy atom. The van der Waals surface area contributed by atoms with Gasteiger partial charge in [-0.15, -0.1) is 10.2 Å². The van der Waals surface area contributed by atoms with E-state index in [2.05, 4.69) is 30.8 Å². The van der Waals surface area contributed by atoms with Gasteiger partial charge >= 0.3 is 0 Å². The van der Waals surface area contributed by atoms with Crippen molar-refractivity contribution in [3.63, 3.8) is 0 Å². The maximum absolute atomic E-state index is 14.0. The first-order chi connectivity index (χ1) is 9.72. The van der Waals surface area contributed by atoms with Crippen LogP contribution in [0.1, 0.15) is 18.8 Å². The summed E-state index contributed by atoms with van der Waals surface area (Å²) in [6.07, 6.45) is 1.44. The number of halogens is 2. The summed E-state index contributed by atoms with van der Waals surface area (Å²) in [6.45, 7) is 1.58. The van der Waals surface area contributed by atoms with Gasteiger partial charge < -0.3 is 10.3 Å². The number of nitrogens with two attached hydrogens (primary N) is 1. The van der Waals surface area contributed by atoms with Gasteiger partial charge in [-0.25, -0.2) is 17.5 Å². The molecule has 0 radical (unpaired) electrons. The Bertz CT molecular complexity index is 777. The molecule has 0 aliphatic carbocycles. The number of benzene rings is 1. The maximum Gasteiger partial charge on any atom is 0.244 e. The molecule has 7 nitrogen and oxygen atoms in total. The Labute approximate surface area is 129 Å². The van der Waals surface area contributed by atoms with E-state index in [4.69, 9.17) is 5.73 Å². The van der Waals surface area contributed by atoms with Crippen molar-refractivity contribution in [2.24, 2.45) is 7.05 Å². The zero-order chi connectivity index (χ0) is 15.8. The van der Waals surface area contributed by atoms with Gasteiger partial charge in [0.1, 0.15) is 17.0 Å². The molecule has 1 atom stereocenters. The standard InChI is InChI=1S/C11H13BrFN5O2S/c1-6(11-16-15-5-18(11)2)17-21(19,20)9-4-7(14)3-8(12)10(9)13/h3-6,17H,14H2,1-2H3. The molecule has 0 spiro atoms. The molecule has 0 saturated carbocycles. The lowest BCUT2D eigenvalue weighted by molar-refractivity contribution is 0.536. The van der Waals surface area contributed by atoms with Crippen LogP contribution in [0.2, 0.25) is 0 Å². The first-order valence-electron chi connectivity index (χ1n) is 5.83. The van der Waals surface area contributed by atoms with E-state index in [-0.39, 0.29) is 10.2 Å². The zero-order valence-corrected chi connectivity index (χ0v) is 13.6. The van der Waals surface area contributed by atoms with E-state index >= 15 is 0 Å². The molecule has 0 fully saturated rings. The number of hydrogen-bond acceptors (Lipinski definition) is 5. The van der Waals surface area contributed by atoms with Gasteiger partial charge in [-0.05, 0) is 35.0 Å². The molecule has 0 aliphatic rings. The van der Waals surface area contributed by atoms with Crippen LogP contribution in [0.3, 0.4) is 0 Å². The SMILES string of the molecule is CC(NS(=O)(=O)c1cc(N)cc(Br)c1F)c1nncn1C. The number of rotatable bonds is 4. The summed E-state index contributed by atoms with van der Waals surface area (Å²) >= 11 is 2.93. The fraction of sp³-hybridized carbons (Fsp3) is 0.273.